The minimum atomic E-state index is -0.581. The van der Waals surface area contributed by atoms with Gasteiger partial charge < -0.3 is 20.3 Å². The number of carbonyl (C=O) groups excluding carboxylic acids is 2. The third kappa shape index (κ3) is 5.93. The van der Waals surface area contributed by atoms with E-state index >= 15 is 0 Å². The molecule has 26 heavy (non-hydrogen) atoms. The summed E-state index contributed by atoms with van der Waals surface area (Å²) in [4.78, 5) is 24.7. The smallest absolute Gasteiger partial charge is 0.321 e. The van der Waals surface area contributed by atoms with Gasteiger partial charge in [0.25, 0.3) is 0 Å². The fourth-order valence-electron chi connectivity index (χ4n) is 2.04. The molecule has 138 valence electrons. The van der Waals surface area contributed by atoms with Crippen LogP contribution in [0.1, 0.15) is 6.92 Å². The average Bonchev–Trinajstić information content (AvgIpc) is 2.59. The van der Waals surface area contributed by atoms with Crippen molar-refractivity contribution in [3.63, 3.8) is 0 Å². The highest BCUT2D eigenvalue weighted by molar-refractivity contribution is 6.30. The second-order valence-corrected chi connectivity index (χ2v) is 5.97. The quantitative estimate of drug-likeness (QED) is 0.797. The van der Waals surface area contributed by atoms with Crippen LogP contribution < -0.4 is 15.4 Å². The van der Waals surface area contributed by atoms with Crippen molar-refractivity contribution < 1.29 is 18.7 Å². The molecule has 2 rings (SSSR count). The monoisotopic (exact) mass is 379 g/mol. The lowest BCUT2D eigenvalue weighted by atomic mass is 10.2. The van der Waals surface area contributed by atoms with Crippen molar-refractivity contribution in [1.82, 2.24) is 4.90 Å². The number of carbonyl (C=O) groups is 2. The van der Waals surface area contributed by atoms with Crippen molar-refractivity contribution in [2.45, 2.75) is 6.92 Å². The molecule has 0 radical (unpaired) electrons. The normalized spacial score (nSPS) is 10.2. The molecule has 0 atom stereocenters. The van der Waals surface area contributed by atoms with Crippen molar-refractivity contribution in [1.29, 1.82) is 0 Å². The van der Waals surface area contributed by atoms with Gasteiger partial charge in [0, 0.05) is 24.7 Å². The molecule has 0 bridgehead atoms. The Morgan fingerprint density at radius 2 is 1.85 bits per heavy atom. The minimum Gasteiger partial charge on any atom is -0.492 e. The molecule has 2 aromatic carbocycles. The van der Waals surface area contributed by atoms with E-state index < -0.39 is 11.7 Å². The Morgan fingerprint density at radius 1 is 1.15 bits per heavy atom. The number of likely N-dealkylation sites (N-methyl/N-ethyl adjacent to an activating group) is 1. The summed E-state index contributed by atoms with van der Waals surface area (Å²) >= 11 is 5.80. The molecule has 6 nitrogen and oxygen atoms in total. The van der Waals surface area contributed by atoms with E-state index in [1.807, 2.05) is 0 Å². The standard InChI is InChI=1S/C18H19ClFN3O3/c1-12(24)21-17-11-14(5-8-16(17)20)22-18(25)23(2)9-10-26-15-6-3-13(19)4-7-15/h3-8,11H,9-10H2,1-2H3,(H,21,24)(H,22,25). The number of benzene rings is 2. The third-order valence-electron chi connectivity index (χ3n) is 3.38. The Bertz CT molecular complexity index is 784. The number of halogens is 2. The molecule has 0 unspecified atom stereocenters. The van der Waals surface area contributed by atoms with Crippen LogP contribution in [0, 0.1) is 5.82 Å². The summed E-state index contributed by atoms with van der Waals surface area (Å²) in [5.41, 5.74) is 0.370. The average molecular weight is 380 g/mol. The summed E-state index contributed by atoms with van der Waals surface area (Å²) in [6, 6.07) is 10.5. The van der Waals surface area contributed by atoms with E-state index in [1.54, 1.807) is 31.3 Å². The third-order valence-corrected chi connectivity index (χ3v) is 3.64. The molecule has 2 N–H and O–H groups in total. The molecule has 0 saturated heterocycles. The van der Waals surface area contributed by atoms with Crippen molar-refractivity contribution in [2.75, 3.05) is 30.8 Å². The van der Waals surface area contributed by atoms with E-state index in [4.69, 9.17) is 16.3 Å². The Labute approximate surface area is 155 Å². The highest BCUT2D eigenvalue weighted by Gasteiger charge is 2.11. The summed E-state index contributed by atoms with van der Waals surface area (Å²) < 4.78 is 19.1. The number of urea groups is 1. The number of rotatable bonds is 6. The van der Waals surface area contributed by atoms with Gasteiger partial charge in [-0.3, -0.25) is 4.79 Å². The first-order chi connectivity index (χ1) is 12.3. The lowest BCUT2D eigenvalue weighted by Crippen LogP contribution is -2.34. The second kappa shape index (κ2) is 9.05. The summed E-state index contributed by atoms with van der Waals surface area (Å²) in [6.45, 7) is 1.92. The molecule has 2 aromatic rings. The largest absolute Gasteiger partial charge is 0.492 e. The van der Waals surface area contributed by atoms with Crippen LogP contribution in [0.5, 0.6) is 5.75 Å². The molecule has 0 spiro atoms. The molecule has 0 heterocycles. The van der Waals surface area contributed by atoms with Crippen LogP contribution in [0.15, 0.2) is 42.5 Å². The number of nitrogens with zero attached hydrogens (tertiary/aromatic N) is 1. The first-order valence-electron chi connectivity index (χ1n) is 7.83. The number of ether oxygens (including phenoxy) is 1. The Hall–Kier alpha value is -2.80. The fraction of sp³-hybridized carbons (Fsp3) is 0.222. The minimum absolute atomic E-state index is 0.00373. The van der Waals surface area contributed by atoms with Crippen molar-refractivity contribution in [3.8, 4) is 5.75 Å². The number of hydrogen-bond donors (Lipinski definition) is 2. The number of amides is 3. The number of anilines is 2. The lowest BCUT2D eigenvalue weighted by molar-refractivity contribution is -0.114. The molecule has 0 aliphatic carbocycles. The molecule has 0 fully saturated rings. The first kappa shape index (κ1) is 19.5. The van der Waals surface area contributed by atoms with Crippen molar-refractivity contribution >= 4 is 34.9 Å². The van der Waals surface area contributed by atoms with E-state index in [0.29, 0.717) is 29.6 Å². The molecule has 3 amide bonds. The topological polar surface area (TPSA) is 70.7 Å². The summed E-state index contributed by atoms with van der Waals surface area (Å²) in [6.07, 6.45) is 0. The van der Waals surface area contributed by atoms with Crippen LogP contribution in [0.2, 0.25) is 5.02 Å². The highest BCUT2D eigenvalue weighted by atomic mass is 35.5. The maximum absolute atomic E-state index is 13.6. The zero-order valence-electron chi connectivity index (χ0n) is 14.4. The van der Waals surface area contributed by atoms with Crippen LogP contribution in [0.4, 0.5) is 20.6 Å². The van der Waals surface area contributed by atoms with Crippen LogP contribution >= 0.6 is 11.6 Å². The molecule has 0 aliphatic heterocycles. The number of hydrogen-bond acceptors (Lipinski definition) is 3. The van der Waals surface area contributed by atoms with Gasteiger partial charge in [-0.25, -0.2) is 9.18 Å². The second-order valence-electron chi connectivity index (χ2n) is 5.53. The van der Waals surface area contributed by atoms with Gasteiger partial charge in [-0.05, 0) is 42.5 Å². The van der Waals surface area contributed by atoms with Gasteiger partial charge in [-0.1, -0.05) is 11.6 Å². The van der Waals surface area contributed by atoms with E-state index in [1.165, 1.54) is 30.0 Å². The Kier molecular flexibility index (Phi) is 6.80. The van der Waals surface area contributed by atoms with Gasteiger partial charge in [0.15, 0.2) is 0 Å². The molecule has 0 aliphatic rings. The van der Waals surface area contributed by atoms with Crippen LogP contribution in [0.25, 0.3) is 0 Å². The van der Waals surface area contributed by atoms with Gasteiger partial charge in [-0.2, -0.15) is 0 Å². The van der Waals surface area contributed by atoms with Crippen molar-refractivity contribution in [2.24, 2.45) is 0 Å². The van der Waals surface area contributed by atoms with E-state index in [-0.39, 0.29) is 11.7 Å². The van der Waals surface area contributed by atoms with Crippen LogP contribution in [0.3, 0.4) is 0 Å². The van der Waals surface area contributed by atoms with Gasteiger partial charge >= 0.3 is 6.03 Å². The van der Waals surface area contributed by atoms with Gasteiger partial charge in [0.1, 0.15) is 18.2 Å². The SMILES string of the molecule is CC(=O)Nc1cc(NC(=O)N(C)CCOc2ccc(Cl)cc2)ccc1F. The number of nitrogens with one attached hydrogen (secondary N) is 2. The Balaban J connectivity index is 1.86. The van der Waals surface area contributed by atoms with Gasteiger partial charge in [0.05, 0.1) is 12.2 Å². The maximum atomic E-state index is 13.6. The summed E-state index contributed by atoms with van der Waals surface area (Å²) in [5.74, 6) is -0.326. The zero-order valence-corrected chi connectivity index (χ0v) is 15.1. The molecular formula is C18H19ClFN3O3. The van der Waals surface area contributed by atoms with E-state index in [2.05, 4.69) is 10.6 Å². The van der Waals surface area contributed by atoms with Crippen LogP contribution in [-0.2, 0) is 4.79 Å². The zero-order chi connectivity index (χ0) is 19.1. The predicted octanol–water partition coefficient (Wildman–Crippen LogP) is 3.98. The van der Waals surface area contributed by atoms with Gasteiger partial charge in [-0.15, -0.1) is 0 Å². The lowest BCUT2D eigenvalue weighted by Gasteiger charge is -2.18. The molecule has 0 aromatic heterocycles. The first-order valence-corrected chi connectivity index (χ1v) is 8.20. The predicted molar refractivity (Wildman–Crippen MR) is 99.3 cm³/mol. The summed E-state index contributed by atoms with van der Waals surface area (Å²) in [7, 11) is 1.61. The van der Waals surface area contributed by atoms with Crippen LogP contribution in [-0.4, -0.2) is 37.0 Å². The maximum Gasteiger partial charge on any atom is 0.321 e. The van der Waals surface area contributed by atoms with E-state index in [9.17, 15) is 14.0 Å². The highest BCUT2D eigenvalue weighted by Crippen LogP contribution is 2.20. The van der Waals surface area contributed by atoms with Gasteiger partial charge in [0.2, 0.25) is 5.91 Å². The van der Waals surface area contributed by atoms with E-state index in [0.717, 1.165) is 0 Å². The van der Waals surface area contributed by atoms with Crippen molar-refractivity contribution in [3.05, 3.63) is 53.3 Å². The molecule has 0 saturated carbocycles. The molecular weight excluding hydrogens is 361 g/mol. The fourth-order valence-corrected chi connectivity index (χ4v) is 2.17. The Morgan fingerprint density at radius 3 is 2.50 bits per heavy atom. The molecule has 8 heteroatoms. The summed E-state index contributed by atoms with van der Waals surface area (Å²) in [5, 5.41) is 5.62.